The first kappa shape index (κ1) is 30.3. The van der Waals surface area contributed by atoms with E-state index in [1.165, 1.54) is 12.1 Å². The van der Waals surface area contributed by atoms with Crippen LogP contribution in [-0.4, -0.2) is 64.8 Å². The summed E-state index contributed by atoms with van der Waals surface area (Å²) in [7, 11) is 0. The number of carboxylic acid groups (broad SMARTS) is 2. The Labute approximate surface area is 198 Å². The van der Waals surface area contributed by atoms with Gasteiger partial charge in [-0.15, -0.1) is 0 Å². The van der Waals surface area contributed by atoms with Crippen LogP contribution in [-0.2, 0) is 19.1 Å². The number of aliphatic carboxylic acids is 2. The van der Waals surface area contributed by atoms with E-state index in [1.807, 2.05) is 0 Å². The minimum atomic E-state index is -1.02. The smallest absolute Gasteiger partial charge is 0.408 e. The molecular formula is C22H34N4O8. The zero-order valence-electron chi connectivity index (χ0n) is 19.8. The molecule has 0 aliphatic heterocycles. The Morgan fingerprint density at radius 1 is 1.12 bits per heavy atom. The lowest BCUT2D eigenvalue weighted by Crippen LogP contribution is -2.46. The molecule has 0 aromatic heterocycles. The van der Waals surface area contributed by atoms with Crippen molar-refractivity contribution < 1.29 is 38.9 Å². The predicted octanol–water partition coefficient (Wildman–Crippen LogP) is 1.55. The highest BCUT2D eigenvalue weighted by Gasteiger charge is 2.24. The largest absolute Gasteiger partial charge is 0.481 e. The number of carbonyl (C=O) groups is 5. The number of alkyl carbamates (subject to hydrolysis) is 1. The zero-order chi connectivity index (χ0) is 26.3. The number of hydrogen-bond acceptors (Lipinski definition) is 7. The van der Waals surface area contributed by atoms with E-state index >= 15 is 0 Å². The summed E-state index contributed by atoms with van der Waals surface area (Å²) in [6.45, 7) is 6.58. The molecule has 0 fully saturated rings. The highest BCUT2D eigenvalue weighted by molar-refractivity contribution is 5.99. The van der Waals surface area contributed by atoms with Gasteiger partial charge in [0.2, 0.25) is 5.91 Å². The van der Waals surface area contributed by atoms with E-state index in [4.69, 9.17) is 25.5 Å². The summed E-state index contributed by atoms with van der Waals surface area (Å²) in [6.07, 6.45) is -0.0794. The van der Waals surface area contributed by atoms with Crippen LogP contribution in [0.15, 0.2) is 24.3 Å². The standard InChI is InChI=1S/C20H30N4O6.C2H4O2/c1-20(2,3)30-19(29)24-15(8-5-10-21)18(28)23-14-7-4-6-13(12-14)17(27)22-11-9-16(25)26;1-2(3)4/h4,6-7,12,15H,5,8-11,21H2,1-3H3,(H,22,27)(H,23,28)(H,24,29)(H,25,26);1H3,(H,3,4)/t15-;/m0./s1. The van der Waals surface area contributed by atoms with Crippen LogP contribution in [0.2, 0.25) is 0 Å². The van der Waals surface area contributed by atoms with E-state index in [0.717, 1.165) is 6.92 Å². The maximum Gasteiger partial charge on any atom is 0.408 e. The molecule has 0 aliphatic rings. The summed E-state index contributed by atoms with van der Waals surface area (Å²) >= 11 is 0. The van der Waals surface area contributed by atoms with Crippen LogP contribution < -0.4 is 21.7 Å². The monoisotopic (exact) mass is 482 g/mol. The Balaban J connectivity index is 0.00000251. The van der Waals surface area contributed by atoms with E-state index in [2.05, 4.69) is 16.0 Å². The van der Waals surface area contributed by atoms with Crippen molar-refractivity contribution in [3.8, 4) is 0 Å². The van der Waals surface area contributed by atoms with Gasteiger partial charge in [-0.05, 0) is 58.4 Å². The summed E-state index contributed by atoms with van der Waals surface area (Å²) in [4.78, 5) is 56.4. The predicted molar refractivity (Wildman–Crippen MR) is 124 cm³/mol. The molecule has 7 N–H and O–H groups in total. The van der Waals surface area contributed by atoms with Crippen molar-refractivity contribution in [1.82, 2.24) is 10.6 Å². The van der Waals surface area contributed by atoms with Gasteiger partial charge in [-0.2, -0.15) is 0 Å². The summed E-state index contributed by atoms with van der Waals surface area (Å²) in [5.41, 5.74) is 5.43. The summed E-state index contributed by atoms with van der Waals surface area (Å²) in [5.74, 6) is -2.78. The van der Waals surface area contributed by atoms with Crippen LogP contribution in [0.1, 0.15) is 57.3 Å². The fourth-order valence-corrected chi connectivity index (χ4v) is 2.39. The number of benzene rings is 1. The summed E-state index contributed by atoms with van der Waals surface area (Å²) in [5, 5.41) is 23.7. The number of carboxylic acids is 2. The first-order valence-corrected chi connectivity index (χ1v) is 10.5. The minimum Gasteiger partial charge on any atom is -0.481 e. The first-order chi connectivity index (χ1) is 15.7. The van der Waals surface area contributed by atoms with Gasteiger partial charge in [-0.25, -0.2) is 4.79 Å². The lowest BCUT2D eigenvalue weighted by Gasteiger charge is -2.23. The quantitative estimate of drug-likeness (QED) is 0.286. The van der Waals surface area contributed by atoms with Crippen LogP contribution in [0.3, 0.4) is 0 Å². The Kier molecular flexibility index (Phi) is 13.6. The van der Waals surface area contributed by atoms with Crippen LogP contribution in [0.5, 0.6) is 0 Å². The Hall–Kier alpha value is -3.67. The number of nitrogens with one attached hydrogen (secondary N) is 3. The second kappa shape index (κ2) is 15.2. The first-order valence-electron chi connectivity index (χ1n) is 10.5. The summed E-state index contributed by atoms with van der Waals surface area (Å²) in [6, 6.07) is 5.31. The summed E-state index contributed by atoms with van der Waals surface area (Å²) < 4.78 is 5.20. The maximum atomic E-state index is 12.7. The van der Waals surface area contributed by atoms with E-state index in [0.29, 0.717) is 25.1 Å². The fraction of sp³-hybridized carbons (Fsp3) is 0.500. The van der Waals surface area contributed by atoms with Gasteiger partial charge < -0.3 is 36.6 Å². The highest BCUT2D eigenvalue weighted by atomic mass is 16.6. The average molecular weight is 483 g/mol. The van der Waals surface area contributed by atoms with Crippen LogP contribution in [0.4, 0.5) is 10.5 Å². The third-order valence-corrected chi connectivity index (χ3v) is 3.72. The molecule has 0 saturated carbocycles. The molecule has 1 rings (SSSR count). The van der Waals surface area contributed by atoms with Gasteiger partial charge in [-0.3, -0.25) is 19.2 Å². The molecule has 0 heterocycles. The third kappa shape index (κ3) is 15.2. The second-order valence-corrected chi connectivity index (χ2v) is 8.12. The Morgan fingerprint density at radius 3 is 2.26 bits per heavy atom. The van der Waals surface area contributed by atoms with Crippen molar-refractivity contribution in [2.24, 2.45) is 5.73 Å². The fourth-order valence-electron chi connectivity index (χ4n) is 2.39. The molecule has 0 spiro atoms. The molecule has 3 amide bonds. The topological polar surface area (TPSA) is 197 Å². The molecule has 12 heteroatoms. The molecule has 1 aromatic rings. The van der Waals surface area contributed by atoms with Gasteiger partial charge in [0.15, 0.2) is 0 Å². The Bertz CT molecular complexity index is 848. The van der Waals surface area contributed by atoms with Gasteiger partial charge in [-0.1, -0.05) is 6.07 Å². The van der Waals surface area contributed by atoms with Gasteiger partial charge in [0, 0.05) is 24.7 Å². The molecule has 1 atom stereocenters. The second-order valence-electron chi connectivity index (χ2n) is 8.12. The molecule has 34 heavy (non-hydrogen) atoms. The van der Waals surface area contributed by atoms with E-state index in [9.17, 15) is 19.2 Å². The normalized spacial score (nSPS) is 11.2. The van der Waals surface area contributed by atoms with Crippen molar-refractivity contribution in [1.29, 1.82) is 0 Å². The van der Waals surface area contributed by atoms with E-state index in [1.54, 1.807) is 32.9 Å². The van der Waals surface area contributed by atoms with Gasteiger partial charge in [0.1, 0.15) is 11.6 Å². The van der Waals surface area contributed by atoms with Crippen molar-refractivity contribution in [3.63, 3.8) is 0 Å². The lowest BCUT2D eigenvalue weighted by molar-refractivity contribution is -0.137. The van der Waals surface area contributed by atoms with E-state index < -0.39 is 41.5 Å². The van der Waals surface area contributed by atoms with Crippen molar-refractivity contribution >= 4 is 35.5 Å². The molecular weight excluding hydrogens is 448 g/mol. The number of hydrogen-bond donors (Lipinski definition) is 6. The average Bonchev–Trinajstić information content (AvgIpc) is 2.69. The zero-order valence-corrected chi connectivity index (χ0v) is 19.8. The molecule has 0 aliphatic carbocycles. The molecule has 0 radical (unpaired) electrons. The van der Waals surface area contributed by atoms with Gasteiger partial charge >= 0.3 is 12.1 Å². The minimum absolute atomic E-state index is 0.00821. The molecule has 190 valence electrons. The van der Waals surface area contributed by atoms with Crippen LogP contribution in [0.25, 0.3) is 0 Å². The van der Waals surface area contributed by atoms with Crippen LogP contribution >= 0.6 is 0 Å². The SMILES string of the molecule is CC(=O)O.CC(C)(C)OC(=O)N[C@@H](CCCN)C(=O)Nc1cccc(C(=O)NCCC(=O)O)c1. The number of amides is 3. The van der Waals surface area contributed by atoms with E-state index in [-0.39, 0.29) is 18.5 Å². The number of rotatable bonds is 10. The van der Waals surface area contributed by atoms with Crippen LogP contribution in [0, 0.1) is 0 Å². The lowest BCUT2D eigenvalue weighted by atomic mass is 10.1. The molecule has 0 unspecified atom stereocenters. The van der Waals surface area contributed by atoms with Gasteiger partial charge in [0.25, 0.3) is 11.9 Å². The highest BCUT2D eigenvalue weighted by Crippen LogP contribution is 2.13. The van der Waals surface area contributed by atoms with Crippen molar-refractivity contribution in [3.05, 3.63) is 29.8 Å². The number of carbonyl (C=O) groups excluding carboxylic acids is 3. The Morgan fingerprint density at radius 2 is 1.74 bits per heavy atom. The molecule has 12 nitrogen and oxygen atoms in total. The van der Waals surface area contributed by atoms with Gasteiger partial charge in [0.05, 0.1) is 6.42 Å². The third-order valence-electron chi connectivity index (χ3n) is 3.72. The van der Waals surface area contributed by atoms with Crippen molar-refractivity contribution in [2.45, 2.75) is 58.6 Å². The number of nitrogens with two attached hydrogens (primary N) is 1. The molecule has 1 aromatic carbocycles. The maximum absolute atomic E-state index is 12.7. The molecule has 0 bridgehead atoms. The molecule has 0 saturated heterocycles. The number of ether oxygens (including phenoxy) is 1. The number of anilines is 1. The van der Waals surface area contributed by atoms with Crippen molar-refractivity contribution in [2.75, 3.05) is 18.4 Å².